The van der Waals surface area contributed by atoms with Gasteiger partial charge in [0.15, 0.2) is 5.65 Å². The summed E-state index contributed by atoms with van der Waals surface area (Å²) >= 11 is 1.70. The van der Waals surface area contributed by atoms with Crippen LogP contribution in [0.2, 0.25) is 0 Å². The molecule has 1 aliphatic rings. The molecule has 1 saturated heterocycles. The number of ether oxygens (including phenoxy) is 1. The van der Waals surface area contributed by atoms with E-state index in [9.17, 15) is 0 Å². The number of aromatic nitrogens is 4. The zero-order chi connectivity index (χ0) is 19.7. The van der Waals surface area contributed by atoms with Crippen LogP contribution in [-0.4, -0.2) is 44.5 Å². The monoisotopic (exact) mass is 397 g/mol. The second-order valence-electron chi connectivity index (χ2n) is 7.68. The van der Waals surface area contributed by atoms with Crippen molar-refractivity contribution in [3.05, 3.63) is 40.4 Å². The molecule has 7 heteroatoms. The Morgan fingerprint density at radius 2 is 2.04 bits per heavy atom. The average molecular weight is 398 g/mol. The first-order valence-electron chi connectivity index (χ1n) is 9.91. The van der Waals surface area contributed by atoms with E-state index >= 15 is 0 Å². The Morgan fingerprint density at radius 1 is 1.18 bits per heavy atom. The average Bonchev–Trinajstić information content (AvgIpc) is 3.04. The molecule has 0 aliphatic carbocycles. The van der Waals surface area contributed by atoms with Gasteiger partial charge in [-0.25, -0.2) is 15.0 Å². The predicted octanol–water partition coefficient (Wildman–Crippen LogP) is 4.26. The first-order valence-corrected chi connectivity index (χ1v) is 10.7. The Labute approximate surface area is 170 Å². The van der Waals surface area contributed by atoms with Gasteiger partial charge in [-0.15, -0.1) is 11.3 Å². The maximum Gasteiger partial charge on any atom is 0.216 e. The van der Waals surface area contributed by atoms with Gasteiger partial charge in [-0.3, -0.25) is 4.90 Å². The van der Waals surface area contributed by atoms with Crippen LogP contribution in [0.5, 0.6) is 5.88 Å². The molecular weight excluding hydrogens is 370 g/mol. The van der Waals surface area contributed by atoms with E-state index in [1.807, 2.05) is 26.8 Å². The fourth-order valence-electron chi connectivity index (χ4n) is 3.91. The van der Waals surface area contributed by atoms with Gasteiger partial charge >= 0.3 is 0 Å². The largest absolute Gasteiger partial charge is 0.477 e. The summed E-state index contributed by atoms with van der Waals surface area (Å²) in [4.78, 5) is 20.6. The van der Waals surface area contributed by atoms with E-state index in [1.165, 1.54) is 12.8 Å². The normalized spacial score (nSPS) is 19.1. The lowest BCUT2D eigenvalue weighted by Gasteiger charge is -2.36. The highest BCUT2D eigenvalue weighted by atomic mass is 32.1. The highest BCUT2D eigenvalue weighted by Gasteiger charge is 2.26. The fourth-order valence-corrected chi connectivity index (χ4v) is 4.68. The lowest BCUT2D eigenvalue weighted by Crippen LogP contribution is -2.39. The molecule has 3 aromatic heterocycles. The van der Waals surface area contributed by atoms with Gasteiger partial charge in [0.1, 0.15) is 5.82 Å². The SMILES string of the molecule is Cc1cc(OCC2CCCN([C@@H](C)c3ccc4sc(C)nc4n3)C2)nc(C)n1. The van der Waals surface area contributed by atoms with Gasteiger partial charge in [-0.2, -0.15) is 4.98 Å². The third-order valence-corrected chi connectivity index (χ3v) is 6.24. The number of nitrogens with zero attached hydrogens (tertiary/aromatic N) is 5. The third kappa shape index (κ3) is 4.31. The van der Waals surface area contributed by atoms with E-state index in [0.717, 1.165) is 45.7 Å². The van der Waals surface area contributed by atoms with Crippen LogP contribution in [0, 0.1) is 26.7 Å². The molecule has 2 atom stereocenters. The third-order valence-electron chi connectivity index (χ3n) is 5.32. The van der Waals surface area contributed by atoms with E-state index in [1.54, 1.807) is 11.3 Å². The van der Waals surface area contributed by atoms with Gasteiger partial charge in [-0.05, 0) is 59.2 Å². The Morgan fingerprint density at radius 3 is 2.86 bits per heavy atom. The summed E-state index contributed by atoms with van der Waals surface area (Å²) in [5.74, 6) is 1.94. The van der Waals surface area contributed by atoms with Gasteiger partial charge in [0.25, 0.3) is 0 Å². The van der Waals surface area contributed by atoms with Gasteiger partial charge in [-0.1, -0.05) is 0 Å². The number of pyridine rings is 1. The number of likely N-dealkylation sites (tertiary alicyclic amines) is 1. The number of rotatable bonds is 5. The number of hydrogen-bond donors (Lipinski definition) is 0. The quantitative estimate of drug-likeness (QED) is 0.641. The Hall–Kier alpha value is -2.12. The summed E-state index contributed by atoms with van der Waals surface area (Å²) in [6.45, 7) is 11.0. The summed E-state index contributed by atoms with van der Waals surface area (Å²) in [6, 6.07) is 6.49. The van der Waals surface area contributed by atoms with Crippen LogP contribution in [-0.2, 0) is 0 Å². The molecule has 28 heavy (non-hydrogen) atoms. The van der Waals surface area contributed by atoms with Crippen LogP contribution in [0.25, 0.3) is 10.3 Å². The topological polar surface area (TPSA) is 64.0 Å². The number of fused-ring (bicyclic) bond motifs is 1. The van der Waals surface area contributed by atoms with Crippen molar-refractivity contribution in [2.45, 2.75) is 46.6 Å². The predicted molar refractivity (Wildman–Crippen MR) is 112 cm³/mol. The Balaban J connectivity index is 1.40. The molecule has 0 bridgehead atoms. The van der Waals surface area contributed by atoms with Crippen molar-refractivity contribution in [1.82, 2.24) is 24.8 Å². The summed E-state index contributed by atoms with van der Waals surface area (Å²) in [5.41, 5.74) is 2.92. The minimum Gasteiger partial charge on any atom is -0.477 e. The molecule has 1 unspecified atom stereocenters. The van der Waals surface area contributed by atoms with Crippen LogP contribution in [0.4, 0.5) is 0 Å². The van der Waals surface area contributed by atoms with Gasteiger partial charge in [0.05, 0.1) is 22.0 Å². The zero-order valence-corrected chi connectivity index (χ0v) is 17.8. The zero-order valence-electron chi connectivity index (χ0n) is 17.0. The molecule has 0 radical (unpaired) electrons. The first-order chi connectivity index (χ1) is 13.5. The van der Waals surface area contributed by atoms with Crippen molar-refractivity contribution in [1.29, 1.82) is 0 Å². The molecule has 0 spiro atoms. The van der Waals surface area contributed by atoms with Crippen molar-refractivity contribution >= 4 is 21.7 Å². The summed E-state index contributed by atoms with van der Waals surface area (Å²) < 4.78 is 7.16. The molecule has 1 aliphatic heterocycles. The van der Waals surface area contributed by atoms with Gasteiger partial charge in [0.2, 0.25) is 5.88 Å². The highest BCUT2D eigenvalue weighted by Crippen LogP contribution is 2.28. The molecule has 4 heterocycles. The number of piperidine rings is 1. The second-order valence-corrected chi connectivity index (χ2v) is 8.91. The Bertz CT molecular complexity index is 952. The summed E-state index contributed by atoms with van der Waals surface area (Å²) in [7, 11) is 0. The van der Waals surface area contributed by atoms with Crippen molar-refractivity contribution in [2.75, 3.05) is 19.7 Å². The smallest absolute Gasteiger partial charge is 0.216 e. The van der Waals surface area contributed by atoms with E-state index in [0.29, 0.717) is 18.4 Å². The molecule has 0 N–H and O–H groups in total. The molecule has 148 valence electrons. The molecule has 6 nitrogen and oxygen atoms in total. The lowest BCUT2D eigenvalue weighted by molar-refractivity contribution is 0.0978. The van der Waals surface area contributed by atoms with Crippen molar-refractivity contribution in [3.63, 3.8) is 0 Å². The molecule has 0 saturated carbocycles. The van der Waals surface area contributed by atoms with E-state index in [4.69, 9.17) is 9.72 Å². The van der Waals surface area contributed by atoms with Crippen molar-refractivity contribution in [2.24, 2.45) is 5.92 Å². The number of thiazole rings is 1. The van der Waals surface area contributed by atoms with E-state index < -0.39 is 0 Å². The van der Waals surface area contributed by atoms with Gasteiger partial charge in [0, 0.05) is 30.3 Å². The second kappa shape index (κ2) is 8.09. The molecule has 1 fully saturated rings. The standard InChI is InChI=1S/C21H27N5OS/c1-13-10-20(23-15(3)22-13)27-12-17-6-5-9-26(11-17)14(2)18-7-8-19-21(25-18)24-16(4)28-19/h7-8,10,14,17H,5-6,9,11-12H2,1-4H3/t14-,17?/m0/s1. The van der Waals surface area contributed by atoms with Crippen LogP contribution >= 0.6 is 11.3 Å². The van der Waals surface area contributed by atoms with Gasteiger partial charge < -0.3 is 4.74 Å². The molecular formula is C21H27N5OS. The van der Waals surface area contributed by atoms with E-state index in [-0.39, 0.29) is 6.04 Å². The van der Waals surface area contributed by atoms with Crippen molar-refractivity contribution in [3.8, 4) is 5.88 Å². The fraction of sp³-hybridized carbons (Fsp3) is 0.524. The molecule has 0 amide bonds. The minimum atomic E-state index is 0.276. The molecule has 3 aromatic rings. The van der Waals surface area contributed by atoms with Crippen LogP contribution in [0.1, 0.15) is 48.0 Å². The number of hydrogen-bond acceptors (Lipinski definition) is 7. The Kier molecular flexibility index (Phi) is 5.55. The highest BCUT2D eigenvalue weighted by molar-refractivity contribution is 7.18. The maximum absolute atomic E-state index is 6.00. The maximum atomic E-state index is 6.00. The first kappa shape index (κ1) is 19.2. The lowest BCUT2D eigenvalue weighted by atomic mass is 9.97. The summed E-state index contributed by atoms with van der Waals surface area (Å²) in [6.07, 6.45) is 2.36. The van der Waals surface area contributed by atoms with Crippen LogP contribution < -0.4 is 4.74 Å². The molecule has 0 aromatic carbocycles. The van der Waals surface area contributed by atoms with Crippen LogP contribution in [0.3, 0.4) is 0 Å². The summed E-state index contributed by atoms with van der Waals surface area (Å²) in [5, 5.41) is 1.07. The number of aryl methyl sites for hydroxylation is 3. The minimum absolute atomic E-state index is 0.276. The van der Waals surface area contributed by atoms with E-state index in [2.05, 4.69) is 38.9 Å². The van der Waals surface area contributed by atoms with Crippen LogP contribution in [0.15, 0.2) is 18.2 Å². The van der Waals surface area contributed by atoms with Crippen molar-refractivity contribution < 1.29 is 4.74 Å². The molecule has 4 rings (SSSR count).